The lowest BCUT2D eigenvalue weighted by molar-refractivity contribution is 0.101. The minimum Gasteiger partial charge on any atom is -0.489 e. The molecule has 0 spiro atoms. The zero-order valence-electron chi connectivity index (χ0n) is 17.2. The lowest BCUT2D eigenvalue weighted by atomic mass is 10.2. The molecule has 8 nitrogen and oxygen atoms in total. The highest BCUT2D eigenvalue weighted by Gasteiger charge is 2.22. The van der Waals surface area contributed by atoms with Crippen molar-refractivity contribution in [2.45, 2.75) is 33.9 Å². The Morgan fingerprint density at radius 1 is 1.35 bits per heavy atom. The van der Waals surface area contributed by atoms with Crippen molar-refractivity contribution >= 4 is 22.4 Å². The zero-order valence-corrected chi connectivity index (χ0v) is 18.0. The van der Waals surface area contributed by atoms with Gasteiger partial charge < -0.3 is 9.26 Å². The standard InChI is InChI=1S/C21H20FN5O3S/c1-4-27-9-16(12(2)25-27)18-11-31-21(23-18)24-20(28)19-17(13(3)30-26-19)10-29-15-7-5-6-14(22)8-15/h5-9,11H,4,10H2,1-3H3,(H,23,24,28). The third kappa shape index (κ3) is 4.48. The molecule has 0 atom stereocenters. The van der Waals surface area contributed by atoms with Crippen molar-refractivity contribution in [3.8, 4) is 17.0 Å². The predicted molar refractivity (Wildman–Crippen MR) is 114 cm³/mol. The van der Waals surface area contributed by atoms with E-state index < -0.39 is 11.7 Å². The van der Waals surface area contributed by atoms with Gasteiger partial charge in [0, 0.05) is 29.8 Å². The van der Waals surface area contributed by atoms with Crippen LogP contribution in [0.25, 0.3) is 11.3 Å². The number of ether oxygens (including phenoxy) is 1. The third-order valence-corrected chi connectivity index (χ3v) is 5.41. The van der Waals surface area contributed by atoms with Gasteiger partial charge in [0.05, 0.1) is 17.0 Å². The van der Waals surface area contributed by atoms with Crippen LogP contribution in [0.2, 0.25) is 0 Å². The zero-order chi connectivity index (χ0) is 22.0. The topological polar surface area (TPSA) is 95.1 Å². The van der Waals surface area contributed by atoms with Crippen molar-refractivity contribution in [1.29, 1.82) is 0 Å². The molecule has 0 unspecified atom stereocenters. The van der Waals surface area contributed by atoms with Gasteiger partial charge in [-0.2, -0.15) is 5.10 Å². The Morgan fingerprint density at radius 2 is 2.19 bits per heavy atom. The van der Waals surface area contributed by atoms with Crippen molar-refractivity contribution in [1.82, 2.24) is 19.9 Å². The molecular weight excluding hydrogens is 421 g/mol. The van der Waals surface area contributed by atoms with Crippen molar-refractivity contribution in [2.24, 2.45) is 0 Å². The van der Waals surface area contributed by atoms with E-state index in [-0.39, 0.29) is 12.3 Å². The molecule has 3 aromatic heterocycles. The molecule has 1 amide bonds. The fraction of sp³-hybridized carbons (Fsp3) is 0.238. The number of carbonyl (C=O) groups is 1. The second-order valence-corrected chi connectivity index (χ2v) is 7.65. The van der Waals surface area contributed by atoms with Gasteiger partial charge in [0.2, 0.25) is 0 Å². The van der Waals surface area contributed by atoms with Crippen LogP contribution in [0, 0.1) is 19.7 Å². The van der Waals surface area contributed by atoms with E-state index in [2.05, 4.69) is 20.6 Å². The molecular formula is C21H20FN5O3S. The number of aryl methyl sites for hydroxylation is 3. The summed E-state index contributed by atoms with van der Waals surface area (Å²) in [6.45, 7) is 6.39. The smallest absolute Gasteiger partial charge is 0.280 e. The second-order valence-electron chi connectivity index (χ2n) is 6.79. The second kappa shape index (κ2) is 8.68. The molecule has 10 heteroatoms. The molecule has 1 aromatic carbocycles. The van der Waals surface area contributed by atoms with E-state index in [1.807, 2.05) is 30.1 Å². The number of nitrogens with zero attached hydrogens (tertiary/aromatic N) is 4. The first-order chi connectivity index (χ1) is 14.9. The summed E-state index contributed by atoms with van der Waals surface area (Å²) in [5.41, 5.74) is 3.11. The molecule has 0 aliphatic rings. The molecule has 0 aliphatic carbocycles. The van der Waals surface area contributed by atoms with Crippen molar-refractivity contribution in [3.63, 3.8) is 0 Å². The summed E-state index contributed by atoms with van der Waals surface area (Å²) in [5.74, 6) is -0.0723. The minimum atomic E-state index is -0.462. The fourth-order valence-electron chi connectivity index (χ4n) is 2.99. The molecule has 160 valence electrons. The Balaban J connectivity index is 1.48. The van der Waals surface area contributed by atoms with E-state index in [0.717, 1.165) is 23.5 Å². The summed E-state index contributed by atoms with van der Waals surface area (Å²) >= 11 is 1.31. The van der Waals surface area contributed by atoms with Gasteiger partial charge in [-0.15, -0.1) is 11.3 Å². The highest BCUT2D eigenvalue weighted by molar-refractivity contribution is 7.14. The first kappa shape index (κ1) is 20.7. The first-order valence-electron chi connectivity index (χ1n) is 9.59. The number of thiazole rings is 1. The number of carbonyl (C=O) groups excluding carboxylic acids is 1. The maximum Gasteiger partial charge on any atom is 0.280 e. The van der Waals surface area contributed by atoms with Gasteiger partial charge in [0.1, 0.15) is 23.9 Å². The number of benzene rings is 1. The van der Waals surface area contributed by atoms with Crippen LogP contribution in [-0.2, 0) is 13.2 Å². The maximum absolute atomic E-state index is 13.3. The molecule has 4 aromatic rings. The quantitative estimate of drug-likeness (QED) is 0.450. The molecule has 0 saturated carbocycles. The number of anilines is 1. The Kier molecular flexibility index (Phi) is 5.81. The van der Waals surface area contributed by atoms with Crippen LogP contribution in [0.5, 0.6) is 5.75 Å². The normalized spacial score (nSPS) is 11.0. The SMILES string of the molecule is CCn1cc(-c2csc(NC(=O)c3noc(C)c3COc3cccc(F)c3)n2)c(C)n1. The summed E-state index contributed by atoms with van der Waals surface area (Å²) in [5, 5.41) is 13.3. The predicted octanol–water partition coefficient (Wildman–Crippen LogP) is 4.60. The van der Waals surface area contributed by atoms with Gasteiger partial charge in [-0.25, -0.2) is 9.37 Å². The first-order valence-corrected chi connectivity index (χ1v) is 10.5. The summed E-state index contributed by atoms with van der Waals surface area (Å²) in [6.07, 6.45) is 1.93. The van der Waals surface area contributed by atoms with Gasteiger partial charge in [0.25, 0.3) is 5.91 Å². The molecule has 0 bridgehead atoms. The van der Waals surface area contributed by atoms with Gasteiger partial charge in [-0.3, -0.25) is 14.8 Å². The van der Waals surface area contributed by atoms with E-state index in [1.54, 1.807) is 19.1 Å². The van der Waals surface area contributed by atoms with E-state index in [4.69, 9.17) is 9.26 Å². The van der Waals surface area contributed by atoms with Gasteiger partial charge in [-0.1, -0.05) is 11.2 Å². The monoisotopic (exact) mass is 441 g/mol. The van der Waals surface area contributed by atoms with E-state index in [9.17, 15) is 9.18 Å². The van der Waals surface area contributed by atoms with Crippen LogP contribution in [0.3, 0.4) is 0 Å². The average Bonchev–Trinajstić information content (AvgIpc) is 3.45. The molecule has 0 radical (unpaired) electrons. The number of halogens is 1. The van der Waals surface area contributed by atoms with Gasteiger partial charge in [0.15, 0.2) is 10.8 Å². The average molecular weight is 441 g/mol. The number of aromatic nitrogens is 4. The largest absolute Gasteiger partial charge is 0.489 e. The third-order valence-electron chi connectivity index (χ3n) is 4.65. The summed E-state index contributed by atoms with van der Waals surface area (Å²) < 4.78 is 26.0. The minimum absolute atomic E-state index is 0.0139. The molecule has 0 aliphatic heterocycles. The molecule has 1 N–H and O–H groups in total. The maximum atomic E-state index is 13.3. The Hall–Kier alpha value is -3.53. The number of hydrogen-bond acceptors (Lipinski definition) is 7. The lowest BCUT2D eigenvalue weighted by Crippen LogP contribution is -2.15. The van der Waals surface area contributed by atoms with Crippen molar-refractivity contribution in [2.75, 3.05) is 5.32 Å². The molecule has 3 heterocycles. The van der Waals surface area contributed by atoms with Gasteiger partial charge >= 0.3 is 0 Å². The van der Waals surface area contributed by atoms with Crippen LogP contribution in [0.4, 0.5) is 9.52 Å². The summed E-state index contributed by atoms with van der Waals surface area (Å²) in [6, 6.07) is 5.77. The fourth-order valence-corrected chi connectivity index (χ4v) is 3.70. The van der Waals surface area contributed by atoms with Crippen LogP contribution < -0.4 is 10.1 Å². The highest BCUT2D eigenvalue weighted by atomic mass is 32.1. The van der Waals surface area contributed by atoms with Crippen molar-refractivity contribution < 1.29 is 18.4 Å². The molecule has 4 rings (SSSR count). The Labute approximate surface area is 181 Å². The van der Waals surface area contributed by atoms with Crippen LogP contribution in [-0.4, -0.2) is 25.8 Å². The Bertz CT molecular complexity index is 1230. The summed E-state index contributed by atoms with van der Waals surface area (Å²) in [4.78, 5) is 17.3. The van der Waals surface area contributed by atoms with E-state index in [0.29, 0.717) is 22.2 Å². The number of rotatable bonds is 7. The van der Waals surface area contributed by atoms with Crippen LogP contribution in [0.15, 0.2) is 40.4 Å². The summed E-state index contributed by atoms with van der Waals surface area (Å²) in [7, 11) is 0. The number of hydrogen-bond donors (Lipinski definition) is 1. The van der Waals surface area contributed by atoms with Crippen molar-refractivity contribution in [3.05, 3.63) is 64.4 Å². The van der Waals surface area contributed by atoms with Crippen LogP contribution in [0.1, 0.15) is 34.4 Å². The lowest BCUT2D eigenvalue weighted by Gasteiger charge is -2.06. The number of amides is 1. The van der Waals surface area contributed by atoms with E-state index in [1.165, 1.54) is 23.5 Å². The van der Waals surface area contributed by atoms with Gasteiger partial charge in [-0.05, 0) is 32.9 Å². The molecule has 0 fully saturated rings. The highest BCUT2D eigenvalue weighted by Crippen LogP contribution is 2.28. The molecule has 31 heavy (non-hydrogen) atoms. The number of nitrogens with one attached hydrogen (secondary N) is 1. The Morgan fingerprint density at radius 3 is 2.94 bits per heavy atom. The van der Waals surface area contributed by atoms with E-state index >= 15 is 0 Å². The molecule has 0 saturated heterocycles. The van der Waals surface area contributed by atoms with Crippen LogP contribution >= 0.6 is 11.3 Å².